The van der Waals surface area contributed by atoms with Crippen LogP contribution in [0.25, 0.3) is 21.8 Å². The maximum Gasteiger partial charge on any atom is 0.317 e. The molecule has 51 heavy (non-hydrogen) atoms. The van der Waals surface area contributed by atoms with Gasteiger partial charge in [-0.1, -0.05) is 12.1 Å². The molecule has 2 amide bonds. The molecule has 4 rings (SSSR count). The summed E-state index contributed by atoms with van der Waals surface area (Å²) < 4.78 is 0. The molecule has 0 bridgehead atoms. The molecule has 0 fully saturated rings. The molecule has 0 aliphatic heterocycles. The van der Waals surface area contributed by atoms with E-state index in [0.29, 0.717) is 22.4 Å². The van der Waals surface area contributed by atoms with E-state index in [1.807, 2.05) is 0 Å². The first-order valence-electron chi connectivity index (χ1n) is 15.8. The second kappa shape index (κ2) is 17.1. The number of aromatic nitrogens is 2. The Labute approximate surface area is 290 Å². The van der Waals surface area contributed by atoms with Crippen LogP contribution in [0.3, 0.4) is 0 Å². The first-order chi connectivity index (χ1) is 24.1. The van der Waals surface area contributed by atoms with Crippen LogP contribution in [-0.2, 0) is 24.0 Å². The van der Waals surface area contributed by atoms with E-state index in [9.17, 15) is 48.9 Å². The van der Waals surface area contributed by atoms with Crippen LogP contribution >= 0.6 is 0 Å². The van der Waals surface area contributed by atoms with E-state index < -0.39 is 49.4 Å². The highest BCUT2D eigenvalue weighted by Gasteiger charge is 2.20. The molecule has 17 nitrogen and oxygen atoms in total. The molecule has 270 valence electrons. The van der Waals surface area contributed by atoms with Gasteiger partial charge in [-0.05, 0) is 49.2 Å². The van der Waals surface area contributed by atoms with Crippen molar-refractivity contribution in [3.63, 3.8) is 0 Å². The number of nitrogens with one attached hydrogen (secondary N) is 4. The summed E-state index contributed by atoms with van der Waals surface area (Å²) >= 11 is 0. The molecule has 0 aliphatic carbocycles. The maximum absolute atomic E-state index is 12.9. The van der Waals surface area contributed by atoms with Gasteiger partial charge in [-0.15, -0.1) is 0 Å². The third kappa shape index (κ3) is 11.6. The van der Waals surface area contributed by atoms with Gasteiger partial charge >= 0.3 is 17.9 Å². The maximum atomic E-state index is 12.9. The summed E-state index contributed by atoms with van der Waals surface area (Å²) in [6, 6.07) is 12.9. The van der Waals surface area contributed by atoms with Gasteiger partial charge in [0.2, 0.25) is 22.9 Å². The summed E-state index contributed by atoms with van der Waals surface area (Å²) in [5.41, 5.74) is 2.71. The average molecular weight is 706 g/mol. The van der Waals surface area contributed by atoms with Crippen LogP contribution in [0.4, 0.5) is 11.4 Å². The third-order valence-corrected chi connectivity index (χ3v) is 7.94. The zero-order valence-electron chi connectivity index (χ0n) is 28.0. The van der Waals surface area contributed by atoms with Gasteiger partial charge in [-0.3, -0.25) is 48.3 Å². The lowest BCUT2D eigenvalue weighted by molar-refractivity contribution is -0.140. The number of hydrogen-bond donors (Lipinski definition) is 7. The van der Waals surface area contributed by atoms with Crippen molar-refractivity contribution >= 4 is 62.9 Å². The number of anilines is 2. The van der Waals surface area contributed by atoms with E-state index >= 15 is 0 Å². The summed E-state index contributed by atoms with van der Waals surface area (Å²) in [7, 11) is 0. The third-order valence-electron chi connectivity index (χ3n) is 7.94. The molecule has 4 aromatic rings. The number of rotatable bonds is 18. The van der Waals surface area contributed by atoms with Crippen molar-refractivity contribution in [2.75, 3.05) is 69.5 Å². The first kappa shape index (κ1) is 37.9. The molecule has 0 aliphatic rings. The van der Waals surface area contributed by atoms with Crippen molar-refractivity contribution in [1.29, 1.82) is 0 Å². The minimum atomic E-state index is -1.21. The monoisotopic (exact) mass is 705 g/mol. The van der Waals surface area contributed by atoms with Crippen molar-refractivity contribution in [3.8, 4) is 0 Å². The molecule has 17 heteroatoms. The summed E-state index contributed by atoms with van der Waals surface area (Å²) in [6.45, 7) is 1.32. The lowest BCUT2D eigenvalue weighted by Gasteiger charge is -2.28. The van der Waals surface area contributed by atoms with Gasteiger partial charge in [-0.25, -0.2) is 0 Å². The average Bonchev–Trinajstić information content (AvgIpc) is 3.00. The van der Waals surface area contributed by atoms with Crippen LogP contribution in [0, 0.1) is 13.8 Å². The highest BCUT2D eigenvalue weighted by Crippen LogP contribution is 2.20. The zero-order valence-corrected chi connectivity index (χ0v) is 28.0. The van der Waals surface area contributed by atoms with E-state index in [2.05, 4.69) is 20.6 Å². The van der Waals surface area contributed by atoms with Crippen LogP contribution in [0.15, 0.2) is 58.1 Å². The van der Waals surface area contributed by atoms with Crippen LogP contribution in [0.5, 0.6) is 0 Å². The highest BCUT2D eigenvalue weighted by molar-refractivity contribution is 5.96. The quantitative estimate of drug-likeness (QED) is 0.0756. The predicted molar refractivity (Wildman–Crippen MR) is 188 cm³/mol. The number of nitrogens with zero attached hydrogens (tertiary/aromatic N) is 3. The number of fused-ring (bicyclic) bond motifs is 2. The Bertz CT molecular complexity index is 1940. The van der Waals surface area contributed by atoms with Crippen LogP contribution < -0.4 is 21.8 Å². The molecule has 0 unspecified atom stereocenters. The Hall–Kier alpha value is -5.91. The number of aromatic amines is 2. The van der Waals surface area contributed by atoms with E-state index in [-0.39, 0.29) is 50.4 Å². The molecular formula is C34H39N7O10. The van der Waals surface area contributed by atoms with E-state index in [1.54, 1.807) is 50.2 Å². The molecule has 2 heterocycles. The molecule has 2 aromatic heterocycles. The fraction of sp³-hybridized carbons (Fsp3) is 0.324. The first-order valence-corrected chi connectivity index (χ1v) is 15.8. The Balaban J connectivity index is 1.37. The number of hydrogen-bond acceptors (Lipinski definition) is 10. The lowest BCUT2D eigenvalue weighted by Crippen LogP contribution is -2.46. The number of carboxylic acid groups (broad SMARTS) is 3. The molecule has 0 atom stereocenters. The topological polar surface area (TPSA) is 246 Å². The molecule has 0 radical (unpaired) electrons. The molecule has 7 N–H and O–H groups in total. The van der Waals surface area contributed by atoms with Crippen LogP contribution in [0.2, 0.25) is 0 Å². The Morgan fingerprint density at radius 2 is 0.902 bits per heavy atom. The summed E-state index contributed by atoms with van der Waals surface area (Å²) in [5, 5.41) is 35.4. The molecule has 0 spiro atoms. The number of aliphatic carboxylic acids is 3. The van der Waals surface area contributed by atoms with Gasteiger partial charge in [0.1, 0.15) is 0 Å². The SMILES string of the molecule is Cc1cc(=O)[nH]c2cc(NC(=O)CN(CCN(CCN(CC(=O)O)CC(=O)Nc3ccc4c(C)cc(=O)[nH]c4c3)CC(=O)O)CC(=O)O)ccc12. The van der Waals surface area contributed by atoms with Gasteiger partial charge in [-0.2, -0.15) is 0 Å². The van der Waals surface area contributed by atoms with Crippen LogP contribution in [0.1, 0.15) is 11.1 Å². The van der Waals surface area contributed by atoms with E-state index in [0.717, 1.165) is 21.9 Å². The van der Waals surface area contributed by atoms with Crippen molar-refractivity contribution in [2.45, 2.75) is 13.8 Å². The molecular weight excluding hydrogens is 666 g/mol. The Morgan fingerprint density at radius 3 is 1.27 bits per heavy atom. The molecule has 2 aromatic carbocycles. The van der Waals surface area contributed by atoms with Gasteiger partial charge in [0.05, 0.1) is 43.8 Å². The minimum absolute atomic E-state index is 0.00512. The summed E-state index contributed by atoms with van der Waals surface area (Å²) in [6.07, 6.45) is 0. The lowest BCUT2D eigenvalue weighted by atomic mass is 10.1. The Kier molecular flexibility index (Phi) is 12.7. The normalized spacial score (nSPS) is 11.4. The van der Waals surface area contributed by atoms with Gasteiger partial charge in [0.15, 0.2) is 0 Å². The molecule has 0 saturated carbocycles. The van der Waals surface area contributed by atoms with Crippen molar-refractivity contribution in [2.24, 2.45) is 0 Å². The second-order valence-electron chi connectivity index (χ2n) is 12.1. The summed E-state index contributed by atoms with van der Waals surface area (Å²) in [5.74, 6) is -4.69. The largest absolute Gasteiger partial charge is 0.480 e. The summed E-state index contributed by atoms with van der Waals surface area (Å²) in [4.78, 5) is 93.9. The number of aryl methyl sites for hydroxylation is 2. The number of pyridine rings is 2. The van der Waals surface area contributed by atoms with Crippen molar-refractivity contribution in [1.82, 2.24) is 24.7 Å². The minimum Gasteiger partial charge on any atom is -0.480 e. The number of carbonyl (C=O) groups is 5. The van der Waals surface area contributed by atoms with E-state index in [1.165, 1.54) is 26.8 Å². The van der Waals surface area contributed by atoms with Gasteiger partial charge in [0.25, 0.3) is 0 Å². The highest BCUT2D eigenvalue weighted by atomic mass is 16.4. The van der Waals surface area contributed by atoms with Crippen LogP contribution in [-0.4, -0.2) is 129 Å². The second-order valence-corrected chi connectivity index (χ2v) is 12.1. The number of amides is 2. The number of carbonyl (C=O) groups excluding carboxylic acids is 2. The zero-order chi connectivity index (χ0) is 37.2. The predicted octanol–water partition coefficient (Wildman–Crippen LogP) is 0.723. The van der Waals surface area contributed by atoms with Crippen molar-refractivity contribution in [3.05, 3.63) is 80.4 Å². The number of carboxylic acids is 3. The molecule has 0 saturated heterocycles. The Morgan fingerprint density at radius 1 is 0.549 bits per heavy atom. The smallest absolute Gasteiger partial charge is 0.317 e. The fourth-order valence-corrected chi connectivity index (χ4v) is 5.67. The van der Waals surface area contributed by atoms with Crippen molar-refractivity contribution < 1.29 is 39.3 Å². The van der Waals surface area contributed by atoms with E-state index in [4.69, 9.17) is 0 Å². The van der Waals surface area contributed by atoms with Gasteiger partial charge < -0.3 is 35.9 Å². The number of benzene rings is 2. The fourth-order valence-electron chi connectivity index (χ4n) is 5.67. The standard InChI is InChI=1S/C34H39N7O10/c1-20-11-28(42)37-26-13-22(3-5-24(20)26)35-30(44)15-40(18-33(48)49)9-7-39(17-32(46)47)8-10-41(19-34(50)51)16-31(45)36-23-4-6-25-21(2)12-29(43)38-27(25)14-23/h3-6,11-14H,7-10,15-19H2,1-2H3,(H,35,44)(H,36,45)(H,37,42)(H,38,43)(H,46,47)(H,48,49)(H,50,51). The number of H-pyrrole nitrogens is 2. The van der Waals surface area contributed by atoms with Gasteiger partial charge in [0, 0.05) is 60.5 Å².